The van der Waals surface area contributed by atoms with Crippen LogP contribution in [0.3, 0.4) is 0 Å². The lowest BCUT2D eigenvalue weighted by Crippen LogP contribution is -2.57. The van der Waals surface area contributed by atoms with E-state index in [2.05, 4.69) is 27.0 Å². The summed E-state index contributed by atoms with van der Waals surface area (Å²) in [5, 5.41) is 1.02. The number of carbonyl (C=O) groups is 2. The van der Waals surface area contributed by atoms with Gasteiger partial charge in [-0.3, -0.25) is 19.6 Å². The molecule has 2 aromatic heterocycles. The summed E-state index contributed by atoms with van der Waals surface area (Å²) >= 11 is 1.70. The van der Waals surface area contributed by atoms with Crippen molar-refractivity contribution in [2.45, 2.75) is 31.5 Å². The van der Waals surface area contributed by atoms with E-state index in [0.29, 0.717) is 26.0 Å². The molecular weight excluding hydrogens is 462 g/mol. The van der Waals surface area contributed by atoms with Gasteiger partial charge in [0.05, 0.1) is 13.2 Å². The first kappa shape index (κ1) is 23.6. The van der Waals surface area contributed by atoms with Crippen molar-refractivity contribution in [1.29, 1.82) is 0 Å². The van der Waals surface area contributed by atoms with E-state index in [4.69, 9.17) is 4.74 Å². The monoisotopic (exact) mass is 491 g/mol. The molecule has 8 nitrogen and oxygen atoms in total. The van der Waals surface area contributed by atoms with Gasteiger partial charge in [-0.25, -0.2) is 9.78 Å². The predicted octanol–water partition coefficient (Wildman–Crippen LogP) is 3.65. The molecule has 0 bridgehead atoms. The van der Waals surface area contributed by atoms with Crippen molar-refractivity contribution in [3.8, 4) is 10.6 Å². The van der Waals surface area contributed by atoms with E-state index in [9.17, 15) is 9.59 Å². The fourth-order valence-electron chi connectivity index (χ4n) is 4.97. The van der Waals surface area contributed by atoms with Gasteiger partial charge in [-0.05, 0) is 24.5 Å². The van der Waals surface area contributed by atoms with E-state index >= 15 is 0 Å². The largest absolute Gasteiger partial charge is 0.383 e. The molecule has 2 aliphatic heterocycles. The minimum absolute atomic E-state index is 0.105. The molecule has 0 aliphatic carbocycles. The highest BCUT2D eigenvalue weighted by Gasteiger charge is 2.57. The second-order valence-corrected chi connectivity index (χ2v) is 10.1. The van der Waals surface area contributed by atoms with Gasteiger partial charge < -0.3 is 9.64 Å². The maximum atomic E-state index is 13.7. The molecule has 0 saturated carbocycles. The first-order chi connectivity index (χ1) is 17.1. The Labute approximate surface area is 209 Å². The van der Waals surface area contributed by atoms with Crippen LogP contribution in [0.25, 0.3) is 10.6 Å². The van der Waals surface area contributed by atoms with Crippen molar-refractivity contribution in [3.63, 3.8) is 0 Å². The van der Waals surface area contributed by atoms with Gasteiger partial charge in [0, 0.05) is 62.3 Å². The lowest BCUT2D eigenvalue weighted by molar-refractivity contribution is -0.136. The zero-order chi connectivity index (χ0) is 24.3. The standard InChI is InChI=1S/C26H29N5O3S/c1-34-15-14-31-25(33)30(18-20-6-5-11-27-16-20)24(32)26(31)9-12-29(13-10-26)19-22-17-28-23(35-22)21-7-3-2-4-8-21/h2-8,11,16-17H,9-10,12-15,18-19H2,1H3. The number of pyridine rings is 1. The second kappa shape index (κ2) is 10.2. The molecule has 9 heteroatoms. The molecule has 2 saturated heterocycles. The molecule has 3 aromatic rings. The van der Waals surface area contributed by atoms with Crippen LogP contribution in [0.15, 0.2) is 61.1 Å². The summed E-state index contributed by atoms with van der Waals surface area (Å²) in [5.41, 5.74) is 1.16. The highest BCUT2D eigenvalue weighted by molar-refractivity contribution is 7.15. The SMILES string of the molecule is COCCN1C(=O)N(Cc2cccnc2)C(=O)C12CCN(Cc1cnc(-c3ccccc3)s1)CC2. The average Bonchev–Trinajstić information content (AvgIpc) is 3.43. The van der Waals surface area contributed by atoms with Crippen molar-refractivity contribution in [2.24, 2.45) is 0 Å². The molecule has 0 unspecified atom stereocenters. The molecule has 4 heterocycles. The average molecular weight is 492 g/mol. The summed E-state index contributed by atoms with van der Waals surface area (Å²) in [7, 11) is 1.61. The first-order valence-electron chi connectivity index (χ1n) is 11.8. The predicted molar refractivity (Wildman–Crippen MR) is 134 cm³/mol. The number of thiazole rings is 1. The molecular formula is C26H29N5O3S. The lowest BCUT2D eigenvalue weighted by atomic mass is 9.85. The molecule has 0 N–H and O–H groups in total. The third-order valence-corrected chi connectivity index (χ3v) is 7.87. The van der Waals surface area contributed by atoms with Gasteiger partial charge in [0.25, 0.3) is 5.91 Å². The molecule has 2 aliphatic rings. The highest BCUT2D eigenvalue weighted by atomic mass is 32.1. The first-order valence-corrected chi connectivity index (χ1v) is 12.7. The van der Waals surface area contributed by atoms with Gasteiger partial charge in [0.2, 0.25) is 0 Å². The number of hydrogen-bond acceptors (Lipinski definition) is 7. The van der Waals surface area contributed by atoms with E-state index in [-0.39, 0.29) is 18.5 Å². The maximum absolute atomic E-state index is 13.7. The van der Waals surface area contributed by atoms with E-state index in [1.165, 1.54) is 9.78 Å². The molecule has 3 amide bonds. The number of aromatic nitrogens is 2. The number of ether oxygens (including phenoxy) is 1. The Hall–Kier alpha value is -3.14. The summed E-state index contributed by atoms with van der Waals surface area (Å²) in [6.07, 6.45) is 6.55. The van der Waals surface area contributed by atoms with Gasteiger partial charge in [-0.15, -0.1) is 11.3 Å². The molecule has 0 radical (unpaired) electrons. The highest BCUT2D eigenvalue weighted by Crippen LogP contribution is 2.38. The summed E-state index contributed by atoms with van der Waals surface area (Å²) in [6, 6.07) is 13.7. The van der Waals surface area contributed by atoms with Gasteiger partial charge in [0.15, 0.2) is 0 Å². The van der Waals surface area contributed by atoms with Crippen molar-refractivity contribution in [1.82, 2.24) is 24.7 Å². The van der Waals surface area contributed by atoms with E-state index < -0.39 is 5.54 Å². The molecule has 1 aromatic carbocycles. The van der Waals surface area contributed by atoms with Crippen LogP contribution >= 0.6 is 11.3 Å². The van der Waals surface area contributed by atoms with E-state index in [0.717, 1.165) is 35.8 Å². The molecule has 0 atom stereocenters. The van der Waals surface area contributed by atoms with Crippen molar-refractivity contribution < 1.29 is 14.3 Å². The van der Waals surface area contributed by atoms with Crippen molar-refractivity contribution in [2.75, 3.05) is 33.4 Å². The van der Waals surface area contributed by atoms with Crippen LogP contribution in [0.1, 0.15) is 23.3 Å². The minimum Gasteiger partial charge on any atom is -0.383 e. The summed E-state index contributed by atoms with van der Waals surface area (Å²) < 4.78 is 5.26. The second-order valence-electron chi connectivity index (χ2n) is 8.99. The van der Waals surface area contributed by atoms with Gasteiger partial charge in [-0.2, -0.15) is 0 Å². The van der Waals surface area contributed by atoms with Crippen molar-refractivity contribution >= 4 is 23.3 Å². The van der Waals surface area contributed by atoms with E-state index in [1.54, 1.807) is 35.7 Å². The molecule has 1 spiro atoms. The summed E-state index contributed by atoms with van der Waals surface area (Å²) in [5.74, 6) is -0.105. The Morgan fingerprint density at radius 1 is 1.03 bits per heavy atom. The quantitative estimate of drug-likeness (QED) is 0.448. The number of urea groups is 1. The maximum Gasteiger partial charge on any atom is 0.328 e. The Morgan fingerprint density at radius 3 is 2.54 bits per heavy atom. The topological polar surface area (TPSA) is 78.9 Å². The van der Waals surface area contributed by atoms with Crippen LogP contribution < -0.4 is 0 Å². The number of likely N-dealkylation sites (tertiary alicyclic amines) is 1. The number of hydrogen-bond donors (Lipinski definition) is 0. The Bertz CT molecular complexity index is 1160. The van der Waals surface area contributed by atoms with Crippen LogP contribution in [-0.4, -0.2) is 75.5 Å². The van der Waals surface area contributed by atoms with Crippen LogP contribution in [0.2, 0.25) is 0 Å². The van der Waals surface area contributed by atoms with Gasteiger partial charge >= 0.3 is 6.03 Å². The number of carbonyl (C=O) groups excluding carboxylic acids is 2. The number of amides is 3. The zero-order valence-corrected chi connectivity index (χ0v) is 20.6. The van der Waals surface area contributed by atoms with Crippen LogP contribution in [0.5, 0.6) is 0 Å². The van der Waals surface area contributed by atoms with E-state index in [1.807, 2.05) is 36.5 Å². The third kappa shape index (κ3) is 4.71. The Morgan fingerprint density at radius 2 is 1.83 bits per heavy atom. The third-order valence-electron chi connectivity index (χ3n) is 6.84. The molecule has 35 heavy (non-hydrogen) atoms. The van der Waals surface area contributed by atoms with Crippen molar-refractivity contribution in [3.05, 3.63) is 71.5 Å². The minimum atomic E-state index is -0.808. The molecule has 182 valence electrons. The number of rotatable bonds is 8. The number of methoxy groups -OCH3 is 1. The smallest absolute Gasteiger partial charge is 0.328 e. The fourth-order valence-corrected chi connectivity index (χ4v) is 5.93. The summed E-state index contributed by atoms with van der Waals surface area (Å²) in [6.45, 7) is 3.31. The van der Waals surface area contributed by atoms with Gasteiger partial charge in [0.1, 0.15) is 10.5 Å². The van der Waals surface area contributed by atoms with Crippen LogP contribution in [0, 0.1) is 0 Å². The van der Waals surface area contributed by atoms with Crippen LogP contribution in [0.4, 0.5) is 4.79 Å². The number of imide groups is 1. The van der Waals surface area contributed by atoms with Crippen LogP contribution in [-0.2, 0) is 22.6 Å². The Balaban J connectivity index is 1.28. The summed E-state index contributed by atoms with van der Waals surface area (Å²) in [4.78, 5) is 42.4. The molecule has 5 rings (SSSR count). The van der Waals surface area contributed by atoms with Gasteiger partial charge in [-0.1, -0.05) is 36.4 Å². The fraction of sp³-hybridized carbons (Fsp3) is 0.385. The lowest BCUT2D eigenvalue weighted by Gasteiger charge is -2.42. The Kier molecular flexibility index (Phi) is 6.90. The zero-order valence-electron chi connectivity index (χ0n) is 19.8. The normalized spacial score (nSPS) is 18.1. The number of benzene rings is 1. The number of piperidine rings is 1. The number of nitrogens with zero attached hydrogens (tertiary/aromatic N) is 5. The molecule has 2 fully saturated rings.